The lowest BCUT2D eigenvalue weighted by atomic mass is 10.1. The molecule has 2 rings (SSSR count). The van der Waals surface area contributed by atoms with Crippen molar-refractivity contribution in [2.45, 2.75) is 32.4 Å². The molecule has 1 aromatic carbocycles. The van der Waals surface area contributed by atoms with Crippen LogP contribution in [0.1, 0.15) is 19.4 Å². The fourth-order valence-electron chi connectivity index (χ4n) is 2.43. The zero-order chi connectivity index (χ0) is 11.0. The molecule has 0 bridgehead atoms. The quantitative estimate of drug-likeness (QED) is 0.770. The van der Waals surface area contributed by atoms with E-state index in [1.165, 1.54) is 11.3 Å². The van der Waals surface area contributed by atoms with E-state index in [0.717, 1.165) is 6.42 Å². The molecule has 3 nitrogen and oxygen atoms in total. The topological polar surface area (TPSA) is 49.5 Å². The van der Waals surface area contributed by atoms with Crippen molar-refractivity contribution >= 4 is 5.69 Å². The lowest BCUT2D eigenvalue weighted by Gasteiger charge is -2.30. The van der Waals surface area contributed by atoms with Crippen molar-refractivity contribution in [3.05, 3.63) is 23.8 Å². The molecular weight excluding hydrogens is 188 g/mol. The van der Waals surface area contributed by atoms with Crippen LogP contribution in [0.4, 0.5) is 5.69 Å². The Bertz CT molecular complexity index is 363. The molecule has 0 spiro atoms. The van der Waals surface area contributed by atoms with Crippen molar-refractivity contribution in [2.75, 3.05) is 11.4 Å². The normalized spacial score (nSPS) is 19.7. The van der Waals surface area contributed by atoms with Crippen LogP contribution in [0, 0.1) is 0 Å². The van der Waals surface area contributed by atoms with Crippen LogP contribution in [0.5, 0.6) is 5.75 Å². The second-order valence-corrected chi connectivity index (χ2v) is 4.41. The Kier molecular flexibility index (Phi) is 2.57. The minimum atomic E-state index is 0.343. The van der Waals surface area contributed by atoms with Crippen LogP contribution in [0.15, 0.2) is 18.2 Å². The average molecular weight is 206 g/mol. The molecule has 82 valence electrons. The van der Waals surface area contributed by atoms with Gasteiger partial charge >= 0.3 is 0 Å². The predicted molar refractivity (Wildman–Crippen MR) is 62.3 cm³/mol. The van der Waals surface area contributed by atoms with E-state index in [1.807, 2.05) is 12.1 Å². The number of hydrogen-bond donors (Lipinski definition) is 2. The molecule has 3 N–H and O–H groups in total. The van der Waals surface area contributed by atoms with Gasteiger partial charge in [0, 0.05) is 24.3 Å². The average Bonchev–Trinajstić information content (AvgIpc) is 2.54. The van der Waals surface area contributed by atoms with Crippen molar-refractivity contribution in [1.29, 1.82) is 0 Å². The minimum absolute atomic E-state index is 0.343. The monoisotopic (exact) mass is 206 g/mol. The molecule has 1 aliphatic heterocycles. The number of nitrogens with zero attached hydrogens (tertiary/aromatic N) is 1. The third-order valence-corrected chi connectivity index (χ3v) is 3.02. The Balaban J connectivity index is 2.40. The number of anilines is 1. The summed E-state index contributed by atoms with van der Waals surface area (Å²) in [4.78, 5) is 2.34. The summed E-state index contributed by atoms with van der Waals surface area (Å²) in [5.74, 6) is 0.343. The highest BCUT2D eigenvalue weighted by Crippen LogP contribution is 2.35. The molecule has 1 aromatic rings. The first-order valence-corrected chi connectivity index (χ1v) is 5.43. The molecule has 0 saturated carbocycles. The second kappa shape index (κ2) is 3.74. The highest BCUT2D eigenvalue weighted by molar-refractivity contribution is 5.62. The summed E-state index contributed by atoms with van der Waals surface area (Å²) in [6.07, 6.45) is 0.943. The lowest BCUT2D eigenvalue weighted by Crippen LogP contribution is -2.42. The summed E-state index contributed by atoms with van der Waals surface area (Å²) in [6.45, 7) is 5.00. The molecule has 0 fully saturated rings. The molecule has 1 atom stereocenters. The van der Waals surface area contributed by atoms with Crippen LogP contribution in [0.2, 0.25) is 0 Å². The second-order valence-electron chi connectivity index (χ2n) is 4.41. The Morgan fingerprint density at radius 1 is 1.53 bits per heavy atom. The third kappa shape index (κ3) is 1.67. The number of fused-ring (bicyclic) bond motifs is 1. The van der Waals surface area contributed by atoms with E-state index in [9.17, 15) is 5.11 Å². The number of phenolic OH excluding ortho intramolecular Hbond substituents is 1. The molecule has 15 heavy (non-hydrogen) atoms. The molecule has 1 heterocycles. The highest BCUT2D eigenvalue weighted by Gasteiger charge is 2.29. The van der Waals surface area contributed by atoms with Gasteiger partial charge in [0.15, 0.2) is 0 Å². The minimum Gasteiger partial charge on any atom is -0.508 e. The lowest BCUT2D eigenvalue weighted by molar-refractivity contribution is 0.475. The summed E-state index contributed by atoms with van der Waals surface area (Å²) >= 11 is 0. The summed E-state index contributed by atoms with van der Waals surface area (Å²) in [6, 6.07) is 6.40. The number of aromatic hydroxyl groups is 1. The van der Waals surface area contributed by atoms with E-state index in [4.69, 9.17) is 5.73 Å². The fourth-order valence-corrected chi connectivity index (χ4v) is 2.43. The maximum atomic E-state index is 9.43. The van der Waals surface area contributed by atoms with Gasteiger partial charge in [0.2, 0.25) is 0 Å². The standard InChI is InChI=1S/C12H18N2O/c1-8(2)14-10(7-13)5-9-6-11(15)3-4-12(9)14/h3-4,6,8,10,15H,5,7,13H2,1-2H3. The van der Waals surface area contributed by atoms with Crippen molar-refractivity contribution in [3.8, 4) is 5.75 Å². The summed E-state index contributed by atoms with van der Waals surface area (Å²) in [5.41, 5.74) is 8.20. The van der Waals surface area contributed by atoms with Gasteiger partial charge in [-0.25, -0.2) is 0 Å². The van der Waals surface area contributed by atoms with Crippen molar-refractivity contribution in [2.24, 2.45) is 5.73 Å². The van der Waals surface area contributed by atoms with Gasteiger partial charge in [-0.3, -0.25) is 0 Å². The number of rotatable bonds is 2. The van der Waals surface area contributed by atoms with Gasteiger partial charge in [-0.2, -0.15) is 0 Å². The Hall–Kier alpha value is -1.22. The van der Waals surface area contributed by atoms with Crippen LogP contribution < -0.4 is 10.6 Å². The number of benzene rings is 1. The van der Waals surface area contributed by atoms with Crippen molar-refractivity contribution in [1.82, 2.24) is 0 Å². The van der Waals surface area contributed by atoms with E-state index in [-0.39, 0.29) is 0 Å². The maximum Gasteiger partial charge on any atom is 0.116 e. The summed E-state index contributed by atoms with van der Waals surface area (Å²) in [7, 11) is 0. The van der Waals surface area contributed by atoms with Crippen LogP contribution in [-0.2, 0) is 6.42 Å². The van der Waals surface area contributed by atoms with Gasteiger partial charge in [0.1, 0.15) is 5.75 Å². The van der Waals surface area contributed by atoms with E-state index in [1.54, 1.807) is 6.07 Å². The smallest absolute Gasteiger partial charge is 0.116 e. The van der Waals surface area contributed by atoms with Gasteiger partial charge in [-0.05, 0) is 44.0 Å². The number of hydrogen-bond acceptors (Lipinski definition) is 3. The zero-order valence-electron chi connectivity index (χ0n) is 9.27. The van der Waals surface area contributed by atoms with Crippen molar-refractivity contribution < 1.29 is 5.11 Å². The zero-order valence-corrected chi connectivity index (χ0v) is 9.27. The molecule has 0 amide bonds. The van der Waals surface area contributed by atoms with Crippen LogP contribution in [0.25, 0.3) is 0 Å². The first-order valence-electron chi connectivity index (χ1n) is 5.43. The fraction of sp³-hybridized carbons (Fsp3) is 0.500. The molecule has 1 aliphatic rings. The maximum absolute atomic E-state index is 9.43. The van der Waals surface area contributed by atoms with Crippen LogP contribution >= 0.6 is 0 Å². The van der Waals surface area contributed by atoms with Gasteiger partial charge in [0.25, 0.3) is 0 Å². The molecule has 0 aromatic heterocycles. The van der Waals surface area contributed by atoms with Gasteiger partial charge in [-0.1, -0.05) is 0 Å². The molecular formula is C12H18N2O. The molecule has 0 saturated heterocycles. The molecule has 3 heteroatoms. The third-order valence-electron chi connectivity index (χ3n) is 3.02. The van der Waals surface area contributed by atoms with Crippen molar-refractivity contribution in [3.63, 3.8) is 0 Å². The first-order chi connectivity index (χ1) is 7.13. The SMILES string of the molecule is CC(C)N1c2ccc(O)cc2CC1CN. The van der Waals surface area contributed by atoms with Crippen LogP contribution in [-0.4, -0.2) is 23.7 Å². The van der Waals surface area contributed by atoms with E-state index < -0.39 is 0 Å². The number of phenols is 1. The van der Waals surface area contributed by atoms with E-state index in [2.05, 4.69) is 18.7 Å². The van der Waals surface area contributed by atoms with Gasteiger partial charge in [-0.15, -0.1) is 0 Å². The summed E-state index contributed by atoms with van der Waals surface area (Å²) in [5, 5.41) is 9.43. The summed E-state index contributed by atoms with van der Waals surface area (Å²) < 4.78 is 0. The van der Waals surface area contributed by atoms with Crippen LogP contribution in [0.3, 0.4) is 0 Å². The van der Waals surface area contributed by atoms with Gasteiger partial charge < -0.3 is 15.7 Å². The van der Waals surface area contributed by atoms with E-state index in [0.29, 0.717) is 24.4 Å². The highest BCUT2D eigenvalue weighted by atomic mass is 16.3. The van der Waals surface area contributed by atoms with E-state index >= 15 is 0 Å². The molecule has 1 unspecified atom stereocenters. The largest absolute Gasteiger partial charge is 0.508 e. The Morgan fingerprint density at radius 2 is 2.27 bits per heavy atom. The Labute approximate surface area is 90.5 Å². The first kappa shape index (κ1) is 10.3. The Morgan fingerprint density at radius 3 is 2.87 bits per heavy atom. The molecule has 0 aliphatic carbocycles. The number of nitrogens with two attached hydrogens (primary N) is 1. The molecule has 0 radical (unpaired) electrons. The van der Waals surface area contributed by atoms with Gasteiger partial charge in [0.05, 0.1) is 0 Å². The predicted octanol–water partition coefficient (Wildman–Crippen LogP) is 1.49.